The molecule has 0 bridgehead atoms. The number of hydrogen-bond acceptors (Lipinski definition) is 4. The van der Waals surface area contributed by atoms with Crippen LogP contribution in [0.4, 0.5) is 4.79 Å². The molecule has 2 aromatic rings. The fraction of sp³-hybridized carbons (Fsp3) is 0.348. The number of ether oxygens (including phenoxy) is 1. The summed E-state index contributed by atoms with van der Waals surface area (Å²) < 4.78 is 5.06. The normalized spacial score (nSPS) is 12.4. The molecule has 0 aliphatic heterocycles. The summed E-state index contributed by atoms with van der Waals surface area (Å²) in [5, 5.41) is 5.01. The van der Waals surface area contributed by atoms with Gasteiger partial charge in [0.2, 0.25) is 11.8 Å². The Balaban J connectivity index is 1.78. The van der Waals surface area contributed by atoms with Gasteiger partial charge in [-0.2, -0.15) is 0 Å². The quantitative estimate of drug-likeness (QED) is 0.664. The maximum absolute atomic E-state index is 12.7. The van der Waals surface area contributed by atoms with Crippen LogP contribution < -0.4 is 10.6 Å². The number of hydrogen-bond donors (Lipinski definition) is 2. The average Bonchev–Trinajstić information content (AvgIpc) is 2.77. The Hall–Kier alpha value is -3.35. The molecule has 3 amide bonds. The van der Waals surface area contributed by atoms with Crippen molar-refractivity contribution in [2.75, 3.05) is 13.6 Å². The zero-order chi connectivity index (χ0) is 21.9. The van der Waals surface area contributed by atoms with Crippen molar-refractivity contribution in [1.29, 1.82) is 0 Å². The van der Waals surface area contributed by atoms with Gasteiger partial charge in [-0.3, -0.25) is 9.59 Å². The molecule has 2 N–H and O–H groups in total. The van der Waals surface area contributed by atoms with Crippen molar-refractivity contribution in [2.24, 2.45) is 0 Å². The van der Waals surface area contributed by atoms with E-state index in [0.29, 0.717) is 0 Å². The predicted octanol–water partition coefficient (Wildman–Crippen LogP) is 3.03. The lowest BCUT2D eigenvalue weighted by Crippen LogP contribution is -2.49. The molecule has 30 heavy (non-hydrogen) atoms. The Labute approximate surface area is 177 Å². The van der Waals surface area contributed by atoms with Gasteiger partial charge in [0.15, 0.2) is 0 Å². The van der Waals surface area contributed by atoms with Crippen LogP contribution in [0.25, 0.3) is 0 Å². The maximum atomic E-state index is 12.7. The van der Waals surface area contributed by atoms with E-state index in [1.165, 1.54) is 0 Å². The van der Waals surface area contributed by atoms with Gasteiger partial charge in [-0.05, 0) is 24.5 Å². The van der Waals surface area contributed by atoms with E-state index in [1.54, 1.807) is 18.9 Å². The van der Waals surface area contributed by atoms with Crippen LogP contribution in [0.1, 0.15) is 37.4 Å². The first kappa shape index (κ1) is 22.9. The molecule has 0 saturated heterocycles. The summed E-state index contributed by atoms with van der Waals surface area (Å²) in [6.45, 7) is 3.48. The standard InChI is InChI=1S/C23H29N3O4/c1-4-20(19-13-9-6-10-14-19)26(3)22(28)17(2)25-21(27)15-24-23(29)30-16-18-11-7-5-8-12-18/h5-14,17,20H,4,15-16H2,1-3H3,(H,24,29)(H,25,27)/t17-,20?/m0/s1. The van der Waals surface area contributed by atoms with Gasteiger partial charge in [0.05, 0.1) is 6.04 Å². The van der Waals surface area contributed by atoms with Crippen molar-refractivity contribution < 1.29 is 19.1 Å². The summed E-state index contributed by atoms with van der Waals surface area (Å²) in [7, 11) is 1.73. The fourth-order valence-electron chi connectivity index (χ4n) is 3.15. The van der Waals surface area contributed by atoms with E-state index in [1.807, 2.05) is 67.6 Å². The first-order valence-electron chi connectivity index (χ1n) is 9.97. The molecule has 2 aromatic carbocycles. The third kappa shape index (κ3) is 6.92. The highest BCUT2D eigenvalue weighted by Crippen LogP contribution is 2.23. The van der Waals surface area contributed by atoms with Crippen molar-refractivity contribution in [1.82, 2.24) is 15.5 Å². The Morgan fingerprint density at radius 2 is 1.60 bits per heavy atom. The lowest BCUT2D eigenvalue weighted by molar-refractivity contribution is -0.136. The number of benzene rings is 2. The van der Waals surface area contributed by atoms with Crippen LogP contribution in [0.5, 0.6) is 0 Å². The SMILES string of the molecule is CCC(c1ccccc1)N(C)C(=O)[C@H](C)NC(=O)CNC(=O)OCc1ccccc1. The van der Waals surface area contributed by atoms with Gasteiger partial charge in [0, 0.05) is 7.05 Å². The summed E-state index contributed by atoms with van der Waals surface area (Å²) in [5.41, 5.74) is 1.89. The van der Waals surface area contributed by atoms with E-state index < -0.39 is 18.0 Å². The minimum atomic E-state index is -0.720. The van der Waals surface area contributed by atoms with Crippen LogP contribution in [-0.4, -0.2) is 42.4 Å². The van der Waals surface area contributed by atoms with Gasteiger partial charge in [0.25, 0.3) is 0 Å². The molecule has 0 spiro atoms. The predicted molar refractivity (Wildman–Crippen MR) is 114 cm³/mol. The van der Waals surface area contributed by atoms with Crippen molar-refractivity contribution in [2.45, 2.75) is 39.0 Å². The molecular weight excluding hydrogens is 382 g/mol. The van der Waals surface area contributed by atoms with Crippen molar-refractivity contribution in [3.05, 3.63) is 71.8 Å². The van der Waals surface area contributed by atoms with Crippen LogP contribution in [-0.2, 0) is 20.9 Å². The molecule has 0 saturated carbocycles. The largest absolute Gasteiger partial charge is 0.445 e. The van der Waals surface area contributed by atoms with Gasteiger partial charge >= 0.3 is 6.09 Å². The summed E-state index contributed by atoms with van der Waals surface area (Å²) in [6, 6.07) is 18.2. The zero-order valence-corrected chi connectivity index (χ0v) is 17.6. The number of carbonyl (C=O) groups is 3. The van der Waals surface area contributed by atoms with Gasteiger partial charge in [-0.25, -0.2) is 4.79 Å². The lowest BCUT2D eigenvalue weighted by atomic mass is 10.0. The molecule has 0 radical (unpaired) electrons. The Morgan fingerprint density at radius 1 is 1.00 bits per heavy atom. The number of nitrogens with one attached hydrogen (secondary N) is 2. The fourth-order valence-corrected chi connectivity index (χ4v) is 3.15. The number of amides is 3. The molecule has 2 atom stereocenters. The van der Waals surface area contributed by atoms with E-state index in [2.05, 4.69) is 10.6 Å². The smallest absolute Gasteiger partial charge is 0.407 e. The van der Waals surface area contributed by atoms with Crippen LogP contribution >= 0.6 is 0 Å². The van der Waals surface area contributed by atoms with E-state index in [0.717, 1.165) is 17.5 Å². The molecule has 0 aliphatic carbocycles. The summed E-state index contributed by atoms with van der Waals surface area (Å²) in [4.78, 5) is 38.3. The van der Waals surface area contributed by atoms with E-state index in [-0.39, 0.29) is 25.1 Å². The molecule has 1 unspecified atom stereocenters. The van der Waals surface area contributed by atoms with Crippen LogP contribution in [0.3, 0.4) is 0 Å². The third-order valence-electron chi connectivity index (χ3n) is 4.74. The lowest BCUT2D eigenvalue weighted by Gasteiger charge is -2.30. The molecule has 0 aliphatic rings. The number of alkyl carbamates (subject to hydrolysis) is 1. The molecule has 0 fully saturated rings. The van der Waals surface area contributed by atoms with Gasteiger partial charge < -0.3 is 20.3 Å². The monoisotopic (exact) mass is 411 g/mol. The van der Waals surface area contributed by atoms with Crippen LogP contribution in [0.2, 0.25) is 0 Å². The second kappa shape index (κ2) is 11.6. The van der Waals surface area contributed by atoms with E-state index in [9.17, 15) is 14.4 Å². The molecule has 7 heteroatoms. The number of rotatable bonds is 9. The average molecular weight is 412 g/mol. The van der Waals surface area contributed by atoms with Crippen molar-refractivity contribution >= 4 is 17.9 Å². The molecule has 7 nitrogen and oxygen atoms in total. The highest BCUT2D eigenvalue weighted by Gasteiger charge is 2.25. The number of likely N-dealkylation sites (N-methyl/N-ethyl adjacent to an activating group) is 1. The first-order valence-corrected chi connectivity index (χ1v) is 9.97. The van der Waals surface area contributed by atoms with Crippen LogP contribution in [0, 0.1) is 0 Å². The van der Waals surface area contributed by atoms with E-state index in [4.69, 9.17) is 4.74 Å². The van der Waals surface area contributed by atoms with Gasteiger partial charge in [0.1, 0.15) is 19.2 Å². The second-order valence-electron chi connectivity index (χ2n) is 6.99. The topological polar surface area (TPSA) is 87.7 Å². The van der Waals surface area contributed by atoms with Crippen molar-refractivity contribution in [3.8, 4) is 0 Å². The molecule has 160 valence electrons. The highest BCUT2D eigenvalue weighted by atomic mass is 16.5. The Kier molecular flexibility index (Phi) is 8.87. The highest BCUT2D eigenvalue weighted by molar-refractivity contribution is 5.89. The zero-order valence-electron chi connectivity index (χ0n) is 17.6. The first-order chi connectivity index (χ1) is 14.4. The number of carbonyl (C=O) groups excluding carboxylic acids is 3. The summed E-state index contributed by atoms with van der Waals surface area (Å²) >= 11 is 0. The second-order valence-corrected chi connectivity index (χ2v) is 6.99. The molecule has 0 heterocycles. The minimum Gasteiger partial charge on any atom is -0.445 e. The van der Waals surface area contributed by atoms with Crippen LogP contribution in [0.15, 0.2) is 60.7 Å². The molecular formula is C23H29N3O4. The molecule has 0 aromatic heterocycles. The Morgan fingerprint density at radius 3 is 2.20 bits per heavy atom. The van der Waals surface area contributed by atoms with Gasteiger partial charge in [-0.1, -0.05) is 67.6 Å². The molecule has 2 rings (SSSR count). The minimum absolute atomic E-state index is 0.0795. The van der Waals surface area contributed by atoms with Crippen molar-refractivity contribution in [3.63, 3.8) is 0 Å². The summed E-state index contributed by atoms with van der Waals surface area (Å²) in [5.74, 6) is -0.667. The van der Waals surface area contributed by atoms with Gasteiger partial charge in [-0.15, -0.1) is 0 Å². The number of nitrogens with zero attached hydrogens (tertiary/aromatic N) is 1. The summed E-state index contributed by atoms with van der Waals surface area (Å²) in [6.07, 6.45) is 0.0575. The van der Waals surface area contributed by atoms with E-state index >= 15 is 0 Å². The third-order valence-corrected chi connectivity index (χ3v) is 4.74. The maximum Gasteiger partial charge on any atom is 0.407 e. The Bertz CT molecular complexity index is 827.